The normalized spacial score (nSPS) is 9.64. The zero-order chi connectivity index (χ0) is 8.27. The predicted octanol–water partition coefficient (Wildman–Crippen LogP) is 0.630. The van der Waals surface area contributed by atoms with E-state index in [9.17, 15) is 4.79 Å². The van der Waals surface area contributed by atoms with Gasteiger partial charge >= 0.3 is 0 Å². The fourth-order valence-electron chi connectivity index (χ4n) is 0.593. The smallest absolute Gasteiger partial charge is 0.266 e. The lowest BCUT2D eigenvalue weighted by atomic mass is 10.4. The molecule has 0 saturated heterocycles. The van der Waals surface area contributed by atoms with Crippen LogP contribution in [0.2, 0.25) is 0 Å². The van der Waals surface area contributed by atoms with Gasteiger partial charge in [-0.15, -0.1) is 5.10 Å². The number of hydrogen-bond acceptors (Lipinski definition) is 4. The number of amides is 1. The Balaban J connectivity index is 2.70. The zero-order valence-electron chi connectivity index (χ0n) is 6.44. The van der Waals surface area contributed by atoms with E-state index in [0.717, 1.165) is 11.5 Å². The summed E-state index contributed by atoms with van der Waals surface area (Å²) in [6, 6.07) is 0. The van der Waals surface area contributed by atoms with Crippen LogP contribution in [0.1, 0.15) is 16.6 Å². The van der Waals surface area contributed by atoms with E-state index in [2.05, 4.69) is 9.59 Å². The quantitative estimate of drug-likeness (QED) is 0.655. The summed E-state index contributed by atoms with van der Waals surface area (Å²) in [7, 11) is 1.75. The summed E-state index contributed by atoms with van der Waals surface area (Å²) in [6.07, 6.45) is 1.49. The number of rotatable bonds is 2. The Morgan fingerprint density at radius 3 is 3.00 bits per heavy atom. The van der Waals surface area contributed by atoms with E-state index in [0.29, 0.717) is 11.4 Å². The van der Waals surface area contributed by atoms with Crippen molar-refractivity contribution >= 4 is 17.4 Å². The van der Waals surface area contributed by atoms with Gasteiger partial charge in [-0.2, -0.15) is 0 Å². The molecule has 1 rings (SSSR count). The number of carbonyl (C=O) groups is 1. The van der Waals surface area contributed by atoms with Crippen LogP contribution in [0.3, 0.4) is 0 Å². The third-order valence-electron chi connectivity index (χ3n) is 1.39. The van der Waals surface area contributed by atoms with Crippen molar-refractivity contribution < 1.29 is 4.79 Å². The highest BCUT2D eigenvalue weighted by atomic mass is 32.1. The summed E-state index contributed by atoms with van der Waals surface area (Å²) in [4.78, 5) is 13.5. The first-order valence-electron chi connectivity index (χ1n) is 3.28. The number of aromatic nitrogens is 2. The molecule has 0 bridgehead atoms. The molecule has 60 valence electrons. The van der Waals surface area contributed by atoms with Crippen LogP contribution >= 0.6 is 11.5 Å². The van der Waals surface area contributed by atoms with E-state index in [1.807, 2.05) is 6.92 Å². The molecule has 1 aromatic rings. The van der Waals surface area contributed by atoms with Gasteiger partial charge in [0.25, 0.3) is 5.91 Å². The van der Waals surface area contributed by atoms with Crippen molar-refractivity contribution in [2.45, 2.75) is 6.92 Å². The molecule has 0 aliphatic heterocycles. The Kier molecular flexibility index (Phi) is 2.53. The first-order valence-corrected chi connectivity index (χ1v) is 4.06. The van der Waals surface area contributed by atoms with Crippen LogP contribution in [0, 0.1) is 0 Å². The van der Waals surface area contributed by atoms with E-state index in [4.69, 9.17) is 0 Å². The fourth-order valence-corrected chi connectivity index (χ4v) is 1.10. The van der Waals surface area contributed by atoms with Gasteiger partial charge in [0.2, 0.25) is 0 Å². The van der Waals surface area contributed by atoms with Crippen LogP contribution in [-0.4, -0.2) is 34.0 Å². The zero-order valence-corrected chi connectivity index (χ0v) is 7.26. The molecule has 0 radical (unpaired) electrons. The third kappa shape index (κ3) is 1.74. The van der Waals surface area contributed by atoms with Gasteiger partial charge in [-0.3, -0.25) is 4.79 Å². The molecule has 11 heavy (non-hydrogen) atoms. The molecule has 5 heteroatoms. The van der Waals surface area contributed by atoms with Gasteiger partial charge in [-0.1, -0.05) is 4.49 Å². The molecule has 0 N–H and O–H groups in total. The highest BCUT2D eigenvalue weighted by Gasteiger charge is 2.11. The number of hydrogen-bond donors (Lipinski definition) is 0. The summed E-state index contributed by atoms with van der Waals surface area (Å²) < 4.78 is 3.60. The summed E-state index contributed by atoms with van der Waals surface area (Å²) in [5, 5.41) is 3.58. The lowest BCUT2D eigenvalue weighted by molar-refractivity contribution is 0.0807. The average Bonchev–Trinajstić information content (AvgIpc) is 2.53. The third-order valence-corrected chi connectivity index (χ3v) is 2.05. The largest absolute Gasteiger partial charge is 0.341 e. The first kappa shape index (κ1) is 8.13. The van der Waals surface area contributed by atoms with Crippen LogP contribution in [0.15, 0.2) is 6.20 Å². The summed E-state index contributed by atoms with van der Waals surface area (Å²) in [5.41, 5.74) is 0. The van der Waals surface area contributed by atoms with Gasteiger partial charge in [0.05, 0.1) is 6.20 Å². The molecule has 0 spiro atoms. The van der Waals surface area contributed by atoms with Crippen LogP contribution in [0.4, 0.5) is 0 Å². The monoisotopic (exact) mass is 171 g/mol. The van der Waals surface area contributed by atoms with Crippen LogP contribution in [0.25, 0.3) is 0 Å². The van der Waals surface area contributed by atoms with Gasteiger partial charge in [-0.25, -0.2) is 0 Å². The van der Waals surface area contributed by atoms with Gasteiger partial charge < -0.3 is 4.90 Å². The van der Waals surface area contributed by atoms with E-state index >= 15 is 0 Å². The molecule has 4 nitrogen and oxygen atoms in total. The molecule has 0 aliphatic carbocycles. The van der Waals surface area contributed by atoms with Gasteiger partial charge in [0.1, 0.15) is 4.88 Å². The molecule has 0 aliphatic rings. The average molecular weight is 171 g/mol. The minimum atomic E-state index is -0.0116. The van der Waals surface area contributed by atoms with E-state index in [1.165, 1.54) is 6.20 Å². The van der Waals surface area contributed by atoms with Crippen molar-refractivity contribution in [3.63, 3.8) is 0 Å². The Morgan fingerprint density at radius 2 is 2.55 bits per heavy atom. The first-order chi connectivity index (χ1) is 5.25. The molecule has 1 heterocycles. The highest BCUT2D eigenvalue weighted by Crippen LogP contribution is 2.04. The fraction of sp³-hybridized carbons (Fsp3) is 0.500. The number of carbonyl (C=O) groups excluding carboxylic acids is 1. The predicted molar refractivity (Wildman–Crippen MR) is 42.5 cm³/mol. The standard InChI is InChI=1S/C6H9N3OS/c1-3-9(2)6(10)5-4-7-8-11-5/h4H,3H2,1-2H3. The van der Waals surface area contributed by atoms with E-state index < -0.39 is 0 Å². The Bertz CT molecular complexity index is 234. The maximum absolute atomic E-state index is 11.3. The Labute approximate surface area is 69.0 Å². The molecule has 0 fully saturated rings. The maximum atomic E-state index is 11.3. The lowest BCUT2D eigenvalue weighted by Crippen LogP contribution is -2.25. The topological polar surface area (TPSA) is 46.1 Å². The van der Waals surface area contributed by atoms with Crippen LogP contribution in [-0.2, 0) is 0 Å². The van der Waals surface area contributed by atoms with Crippen LogP contribution < -0.4 is 0 Å². The second kappa shape index (κ2) is 3.43. The van der Waals surface area contributed by atoms with Crippen molar-refractivity contribution in [2.24, 2.45) is 0 Å². The second-order valence-corrected chi connectivity index (χ2v) is 2.89. The molecule has 0 saturated carbocycles. The van der Waals surface area contributed by atoms with Gasteiger partial charge in [-0.05, 0) is 18.5 Å². The molecule has 0 atom stereocenters. The lowest BCUT2D eigenvalue weighted by Gasteiger charge is -2.11. The minimum absolute atomic E-state index is 0.0116. The van der Waals surface area contributed by atoms with Crippen molar-refractivity contribution in [1.82, 2.24) is 14.5 Å². The summed E-state index contributed by atoms with van der Waals surface area (Å²) in [5.74, 6) is -0.0116. The summed E-state index contributed by atoms with van der Waals surface area (Å²) in [6.45, 7) is 2.63. The van der Waals surface area contributed by atoms with Gasteiger partial charge in [0.15, 0.2) is 0 Å². The SMILES string of the molecule is CCN(C)C(=O)c1cnns1. The molecule has 0 aromatic carbocycles. The maximum Gasteiger partial charge on any atom is 0.266 e. The number of nitrogens with zero attached hydrogens (tertiary/aromatic N) is 3. The highest BCUT2D eigenvalue weighted by molar-refractivity contribution is 7.07. The molecule has 1 aromatic heterocycles. The Hall–Kier alpha value is -0.970. The van der Waals surface area contributed by atoms with Crippen molar-refractivity contribution in [1.29, 1.82) is 0 Å². The van der Waals surface area contributed by atoms with E-state index in [1.54, 1.807) is 11.9 Å². The van der Waals surface area contributed by atoms with Crippen LogP contribution in [0.5, 0.6) is 0 Å². The molecule has 1 amide bonds. The van der Waals surface area contributed by atoms with Crippen molar-refractivity contribution in [3.8, 4) is 0 Å². The molecule has 0 unspecified atom stereocenters. The van der Waals surface area contributed by atoms with Crippen molar-refractivity contribution in [2.75, 3.05) is 13.6 Å². The molecular weight excluding hydrogens is 162 g/mol. The Morgan fingerprint density at radius 1 is 1.82 bits per heavy atom. The van der Waals surface area contributed by atoms with Crippen molar-refractivity contribution in [3.05, 3.63) is 11.1 Å². The van der Waals surface area contributed by atoms with Gasteiger partial charge in [0, 0.05) is 13.6 Å². The second-order valence-electron chi connectivity index (χ2n) is 2.10. The summed E-state index contributed by atoms with van der Waals surface area (Å²) >= 11 is 1.12. The minimum Gasteiger partial charge on any atom is -0.341 e. The molecular formula is C6H9N3OS. The van der Waals surface area contributed by atoms with E-state index in [-0.39, 0.29) is 5.91 Å².